The highest BCUT2D eigenvalue weighted by atomic mass is 32.1. The summed E-state index contributed by atoms with van der Waals surface area (Å²) in [5, 5.41) is 19.6. The lowest BCUT2D eigenvalue weighted by Crippen LogP contribution is -2.47. The van der Waals surface area contributed by atoms with Gasteiger partial charge in [-0.1, -0.05) is 18.1 Å². The summed E-state index contributed by atoms with van der Waals surface area (Å²) in [4.78, 5) is 25.4. The van der Waals surface area contributed by atoms with Crippen molar-refractivity contribution in [2.75, 3.05) is 6.54 Å². The maximum Gasteiger partial charge on any atom is 0.352 e. The molecule has 0 saturated carbocycles. The summed E-state index contributed by atoms with van der Waals surface area (Å²) in [5.74, 6) is -1.52. The molecule has 1 aliphatic rings. The van der Waals surface area contributed by atoms with Gasteiger partial charge in [0.25, 0.3) is 0 Å². The van der Waals surface area contributed by atoms with E-state index in [0.717, 1.165) is 4.57 Å². The number of ether oxygens (including phenoxy) is 2. The van der Waals surface area contributed by atoms with E-state index in [0.29, 0.717) is 5.56 Å². The number of carbonyl (C=O) groups excluding carboxylic acids is 1. The number of terminal acetylenes is 1. The van der Waals surface area contributed by atoms with Crippen LogP contribution in [0.2, 0.25) is 0 Å². The lowest BCUT2D eigenvalue weighted by Gasteiger charge is -2.27. The maximum atomic E-state index is 11.9. The van der Waals surface area contributed by atoms with Crippen LogP contribution >= 0.6 is 12.2 Å². The van der Waals surface area contributed by atoms with Crippen molar-refractivity contribution >= 4 is 18.2 Å². The molecule has 23 heavy (non-hydrogen) atoms. The molecule has 10 heteroatoms. The summed E-state index contributed by atoms with van der Waals surface area (Å²) >= 11 is 4.91. The first kappa shape index (κ1) is 17.3. The number of carbonyl (C=O) groups is 1. The van der Waals surface area contributed by atoms with E-state index in [2.05, 4.69) is 15.6 Å². The molecule has 1 fully saturated rings. The SMILES string of the molecule is C#Cc1cn(C2CCC(C(O)(O)OC(=O)CN)O2)c(=O)[nH]c1=S. The van der Waals surface area contributed by atoms with Gasteiger partial charge in [-0.05, 0) is 12.8 Å². The van der Waals surface area contributed by atoms with Gasteiger partial charge in [0.1, 0.15) is 10.9 Å². The van der Waals surface area contributed by atoms with E-state index >= 15 is 0 Å². The second kappa shape index (κ2) is 6.61. The molecule has 9 nitrogen and oxygen atoms in total. The van der Waals surface area contributed by atoms with Crippen LogP contribution in [0.5, 0.6) is 0 Å². The summed E-state index contributed by atoms with van der Waals surface area (Å²) < 4.78 is 11.1. The van der Waals surface area contributed by atoms with Gasteiger partial charge in [0, 0.05) is 6.20 Å². The van der Waals surface area contributed by atoms with Crippen LogP contribution in [0.1, 0.15) is 24.6 Å². The molecule has 124 valence electrons. The first-order chi connectivity index (χ1) is 10.8. The van der Waals surface area contributed by atoms with Gasteiger partial charge in [0.05, 0.1) is 12.1 Å². The van der Waals surface area contributed by atoms with E-state index in [1.54, 1.807) is 0 Å². The summed E-state index contributed by atoms with van der Waals surface area (Å²) in [5.41, 5.74) is 4.78. The Morgan fingerprint density at radius 2 is 2.35 bits per heavy atom. The van der Waals surface area contributed by atoms with Crippen LogP contribution in [-0.2, 0) is 14.3 Å². The lowest BCUT2D eigenvalue weighted by molar-refractivity contribution is -0.362. The summed E-state index contributed by atoms with van der Waals surface area (Å²) in [6, 6.07) is 0. The van der Waals surface area contributed by atoms with Crippen LogP contribution < -0.4 is 11.4 Å². The number of nitrogens with two attached hydrogens (primary N) is 1. The number of aromatic nitrogens is 2. The molecule has 2 unspecified atom stereocenters. The van der Waals surface area contributed by atoms with Gasteiger partial charge in [-0.3, -0.25) is 14.3 Å². The van der Waals surface area contributed by atoms with Crippen molar-refractivity contribution in [1.29, 1.82) is 0 Å². The third-order valence-electron chi connectivity index (χ3n) is 3.28. The fourth-order valence-corrected chi connectivity index (χ4v) is 2.38. The van der Waals surface area contributed by atoms with Crippen LogP contribution in [-0.4, -0.2) is 44.4 Å². The quantitative estimate of drug-likeness (QED) is 0.229. The van der Waals surface area contributed by atoms with Gasteiger partial charge >= 0.3 is 17.6 Å². The minimum absolute atomic E-state index is 0.124. The summed E-state index contributed by atoms with van der Waals surface area (Å²) in [6.45, 7) is -0.515. The van der Waals surface area contributed by atoms with Gasteiger partial charge in [0.2, 0.25) is 0 Å². The highest BCUT2D eigenvalue weighted by Crippen LogP contribution is 2.32. The standard InChI is InChI=1S/C13H15N3O6S/c1-2-7-6-16(12(18)15-11(7)23)9-4-3-8(21-9)13(19,20)22-10(17)5-14/h1,6,8-9,19-20H,3-5,14H2,(H,15,18,23). The largest absolute Gasteiger partial charge is 0.405 e. The van der Waals surface area contributed by atoms with E-state index in [1.807, 2.05) is 0 Å². The first-order valence-corrected chi connectivity index (χ1v) is 7.03. The summed E-state index contributed by atoms with van der Waals surface area (Å²) in [7, 11) is 0. The molecule has 5 N–H and O–H groups in total. The Kier molecular flexibility index (Phi) is 4.98. The Bertz CT molecular complexity index is 762. The molecule has 1 aromatic rings. The number of H-pyrrole nitrogens is 1. The molecule has 0 bridgehead atoms. The van der Waals surface area contributed by atoms with Crippen molar-refractivity contribution in [3.63, 3.8) is 0 Å². The van der Waals surface area contributed by atoms with Gasteiger partial charge in [0.15, 0.2) is 6.10 Å². The van der Waals surface area contributed by atoms with Gasteiger partial charge in [-0.15, -0.1) is 6.42 Å². The van der Waals surface area contributed by atoms with E-state index in [4.69, 9.17) is 29.1 Å². The molecular formula is C13H15N3O6S. The number of nitrogens with zero attached hydrogens (tertiary/aromatic N) is 1. The average molecular weight is 341 g/mol. The first-order valence-electron chi connectivity index (χ1n) is 6.62. The van der Waals surface area contributed by atoms with Crippen LogP contribution in [0.4, 0.5) is 0 Å². The molecule has 1 saturated heterocycles. The molecule has 1 aromatic heterocycles. The van der Waals surface area contributed by atoms with Crippen molar-refractivity contribution in [3.8, 4) is 12.3 Å². The fraction of sp³-hybridized carbons (Fsp3) is 0.462. The molecule has 0 aliphatic carbocycles. The Hall–Kier alpha value is -2.03. The van der Waals surface area contributed by atoms with E-state index in [9.17, 15) is 19.8 Å². The molecule has 0 aromatic carbocycles. The van der Waals surface area contributed by atoms with Gasteiger partial charge in [-0.25, -0.2) is 4.79 Å². The monoisotopic (exact) mass is 341 g/mol. The Labute approximate surface area is 135 Å². The van der Waals surface area contributed by atoms with Crippen molar-refractivity contribution in [3.05, 3.63) is 26.9 Å². The number of hydrogen-bond donors (Lipinski definition) is 4. The van der Waals surface area contributed by atoms with E-state index < -0.39 is 36.5 Å². The lowest BCUT2D eigenvalue weighted by atomic mass is 10.2. The Balaban J connectivity index is 2.21. The predicted molar refractivity (Wildman–Crippen MR) is 79.3 cm³/mol. The molecular weight excluding hydrogens is 326 g/mol. The molecule has 1 aliphatic heterocycles. The number of hydrogen-bond acceptors (Lipinski definition) is 8. The van der Waals surface area contributed by atoms with Crippen LogP contribution in [0.3, 0.4) is 0 Å². The summed E-state index contributed by atoms with van der Waals surface area (Å²) in [6.07, 6.45) is 4.97. The number of nitrogens with one attached hydrogen (secondary N) is 1. The average Bonchev–Trinajstić information content (AvgIpc) is 2.97. The number of aliphatic hydroxyl groups is 2. The molecule has 0 spiro atoms. The number of rotatable bonds is 4. The fourth-order valence-electron chi connectivity index (χ4n) is 2.18. The third-order valence-corrected chi connectivity index (χ3v) is 3.60. The minimum atomic E-state index is -2.84. The van der Waals surface area contributed by atoms with Crippen molar-refractivity contribution in [2.45, 2.75) is 31.1 Å². The maximum absolute atomic E-state index is 11.9. The van der Waals surface area contributed by atoms with Crippen molar-refractivity contribution in [1.82, 2.24) is 9.55 Å². The zero-order chi connectivity index (χ0) is 17.2. The molecule has 2 heterocycles. The smallest absolute Gasteiger partial charge is 0.352 e. The van der Waals surface area contributed by atoms with Crippen LogP contribution in [0.15, 0.2) is 11.0 Å². The number of esters is 1. The Morgan fingerprint density at radius 3 is 2.96 bits per heavy atom. The highest BCUT2D eigenvalue weighted by molar-refractivity contribution is 7.71. The Morgan fingerprint density at radius 1 is 1.65 bits per heavy atom. The van der Waals surface area contributed by atoms with Crippen LogP contribution in [0.25, 0.3) is 0 Å². The van der Waals surface area contributed by atoms with Gasteiger partial charge in [-0.2, -0.15) is 0 Å². The molecule has 2 atom stereocenters. The normalized spacial score (nSPS) is 21.0. The zero-order valence-electron chi connectivity index (χ0n) is 11.9. The second-order valence-corrected chi connectivity index (χ2v) is 5.26. The third kappa shape index (κ3) is 3.66. The zero-order valence-corrected chi connectivity index (χ0v) is 12.7. The molecule has 0 radical (unpaired) electrons. The van der Waals surface area contributed by atoms with Crippen molar-refractivity contribution in [2.24, 2.45) is 5.73 Å². The second-order valence-electron chi connectivity index (χ2n) is 4.85. The topological polar surface area (TPSA) is 140 Å². The van der Waals surface area contributed by atoms with E-state index in [1.165, 1.54) is 6.20 Å². The minimum Gasteiger partial charge on any atom is -0.405 e. The van der Waals surface area contributed by atoms with Crippen LogP contribution in [0, 0.1) is 17.0 Å². The van der Waals surface area contributed by atoms with E-state index in [-0.39, 0.29) is 17.5 Å². The highest BCUT2D eigenvalue weighted by Gasteiger charge is 2.45. The molecule has 2 rings (SSSR count). The van der Waals surface area contributed by atoms with Crippen molar-refractivity contribution < 1.29 is 24.5 Å². The molecule has 0 amide bonds. The predicted octanol–water partition coefficient (Wildman–Crippen LogP) is -1.29. The van der Waals surface area contributed by atoms with Gasteiger partial charge < -0.3 is 25.4 Å². The number of aromatic amines is 1.